The summed E-state index contributed by atoms with van der Waals surface area (Å²) >= 11 is 0. The summed E-state index contributed by atoms with van der Waals surface area (Å²) in [5, 5.41) is 9.96. The first-order valence-electron chi connectivity index (χ1n) is 11.6. The Hall–Kier alpha value is -3.51. The Morgan fingerprint density at radius 3 is 2.50 bits per heavy atom. The van der Waals surface area contributed by atoms with Crippen molar-refractivity contribution in [2.45, 2.75) is 32.6 Å². The van der Waals surface area contributed by atoms with Crippen molar-refractivity contribution in [2.24, 2.45) is 7.05 Å². The van der Waals surface area contributed by atoms with Gasteiger partial charge in [-0.25, -0.2) is 23.2 Å². The van der Waals surface area contributed by atoms with Crippen LogP contribution in [0.1, 0.15) is 24.0 Å². The van der Waals surface area contributed by atoms with E-state index in [1.165, 1.54) is 6.26 Å². The van der Waals surface area contributed by atoms with E-state index in [2.05, 4.69) is 25.6 Å². The van der Waals surface area contributed by atoms with Gasteiger partial charge in [0, 0.05) is 37.2 Å². The molecule has 4 rings (SSSR count). The number of nitrogens with one attached hydrogen (secondary N) is 2. The van der Waals surface area contributed by atoms with Gasteiger partial charge < -0.3 is 20.3 Å². The molecule has 11 nitrogen and oxygen atoms in total. The van der Waals surface area contributed by atoms with Crippen molar-refractivity contribution in [1.82, 2.24) is 19.7 Å². The zero-order valence-corrected chi connectivity index (χ0v) is 21.9. The molecule has 3 aromatic rings. The Morgan fingerprint density at radius 1 is 1.17 bits per heavy atom. The molecule has 2 amide bonds. The number of carbonyl (C=O) groups is 1. The minimum Gasteiger partial charge on any atom is -0.377 e. The second-order valence-electron chi connectivity index (χ2n) is 9.05. The fraction of sp³-hybridized carbons (Fsp3) is 0.417. The van der Waals surface area contributed by atoms with Gasteiger partial charge in [0.15, 0.2) is 15.7 Å². The molecule has 0 saturated carbocycles. The molecular formula is C24H31N7O4S. The van der Waals surface area contributed by atoms with E-state index in [-0.39, 0.29) is 17.8 Å². The Balaban J connectivity index is 1.56. The number of carbonyl (C=O) groups excluding carboxylic acids is 1. The van der Waals surface area contributed by atoms with Gasteiger partial charge >= 0.3 is 6.03 Å². The van der Waals surface area contributed by atoms with Gasteiger partial charge in [0.2, 0.25) is 0 Å². The molecule has 0 bridgehead atoms. The minimum absolute atomic E-state index is 0.102. The van der Waals surface area contributed by atoms with Crippen LogP contribution >= 0.6 is 0 Å². The largest absolute Gasteiger partial charge is 0.377 e. The number of rotatable bonds is 6. The maximum absolute atomic E-state index is 12.5. The average molecular weight is 514 g/mol. The summed E-state index contributed by atoms with van der Waals surface area (Å²) < 4.78 is 31.2. The van der Waals surface area contributed by atoms with Gasteiger partial charge in [-0.15, -0.1) is 0 Å². The Morgan fingerprint density at radius 2 is 1.89 bits per heavy atom. The molecule has 12 heteroatoms. The lowest BCUT2D eigenvalue weighted by Crippen LogP contribution is -2.44. The van der Waals surface area contributed by atoms with Crippen molar-refractivity contribution in [3.05, 3.63) is 47.4 Å². The molecule has 0 unspecified atom stereocenters. The Labute approximate surface area is 210 Å². The molecule has 1 fully saturated rings. The number of urea groups is 1. The molecule has 0 aliphatic carbocycles. The van der Waals surface area contributed by atoms with Crippen molar-refractivity contribution in [2.75, 3.05) is 41.5 Å². The van der Waals surface area contributed by atoms with Crippen molar-refractivity contribution >= 4 is 33.1 Å². The van der Waals surface area contributed by atoms with E-state index in [0.29, 0.717) is 54.0 Å². The lowest BCUT2D eigenvalue weighted by molar-refractivity contribution is 0.0985. The van der Waals surface area contributed by atoms with Crippen molar-refractivity contribution in [3.8, 4) is 11.4 Å². The molecule has 2 aromatic heterocycles. The van der Waals surface area contributed by atoms with Crippen LogP contribution < -0.4 is 15.5 Å². The number of aromatic nitrogens is 4. The summed E-state index contributed by atoms with van der Waals surface area (Å²) in [4.78, 5) is 23.9. The first-order chi connectivity index (χ1) is 17.0. The highest BCUT2D eigenvalue weighted by atomic mass is 32.2. The number of hydrogen-bond donors (Lipinski definition) is 2. The summed E-state index contributed by atoms with van der Waals surface area (Å²) in [6.45, 7) is 7.56. The van der Waals surface area contributed by atoms with Crippen LogP contribution in [0.15, 0.2) is 30.3 Å². The van der Waals surface area contributed by atoms with Crippen LogP contribution in [0.25, 0.3) is 11.4 Å². The molecule has 3 heterocycles. The third-order valence-corrected chi connectivity index (χ3v) is 6.81. The standard InChI is InChI=1S/C24H31N7O4S/c1-15-13-35-11-10-31(15)21-12-20(14-36(5,33)34)25-23(27-21)18-6-8-19(9-7-18)26-24(32)28-22-16(2)29-30(4)17(22)3/h6-9,12,15H,10-11,13-14H2,1-5H3,(H2,26,28,32)/t15-/m0/s1. The third-order valence-electron chi connectivity index (χ3n) is 5.99. The summed E-state index contributed by atoms with van der Waals surface area (Å²) in [5.41, 5.74) is 3.99. The van der Waals surface area contributed by atoms with Gasteiger partial charge in [-0.3, -0.25) is 4.68 Å². The third kappa shape index (κ3) is 6.00. The average Bonchev–Trinajstić information content (AvgIpc) is 3.04. The van der Waals surface area contributed by atoms with E-state index in [9.17, 15) is 13.2 Å². The number of nitrogens with zero attached hydrogens (tertiary/aromatic N) is 5. The van der Waals surface area contributed by atoms with Crippen molar-refractivity contribution in [1.29, 1.82) is 0 Å². The van der Waals surface area contributed by atoms with Gasteiger partial charge in [-0.2, -0.15) is 5.10 Å². The quantitative estimate of drug-likeness (QED) is 0.514. The van der Waals surface area contributed by atoms with Gasteiger partial charge in [0.05, 0.1) is 47.8 Å². The normalized spacial score (nSPS) is 16.1. The van der Waals surface area contributed by atoms with Gasteiger partial charge in [-0.1, -0.05) is 0 Å². The monoisotopic (exact) mass is 513 g/mol. The number of benzene rings is 1. The second-order valence-corrected chi connectivity index (χ2v) is 11.2. The molecule has 0 spiro atoms. The topological polar surface area (TPSA) is 131 Å². The SMILES string of the molecule is Cc1nn(C)c(C)c1NC(=O)Nc1ccc(-c2nc(CS(C)(=O)=O)cc(N3CCOC[C@@H]3C)n2)cc1. The van der Waals surface area contributed by atoms with Crippen LogP contribution in [0.2, 0.25) is 0 Å². The number of sulfone groups is 1. The van der Waals surface area contributed by atoms with Crippen LogP contribution in [0.3, 0.4) is 0 Å². The van der Waals surface area contributed by atoms with Crippen LogP contribution in [0.5, 0.6) is 0 Å². The van der Waals surface area contributed by atoms with Gasteiger partial charge in [0.1, 0.15) is 5.82 Å². The summed E-state index contributed by atoms with van der Waals surface area (Å²) in [6, 6.07) is 8.55. The zero-order valence-electron chi connectivity index (χ0n) is 21.1. The van der Waals surface area contributed by atoms with Crippen LogP contribution in [-0.2, 0) is 27.4 Å². The highest BCUT2D eigenvalue weighted by molar-refractivity contribution is 7.89. The Bertz CT molecular complexity index is 1370. The molecule has 36 heavy (non-hydrogen) atoms. The zero-order chi connectivity index (χ0) is 26.0. The maximum atomic E-state index is 12.5. The fourth-order valence-corrected chi connectivity index (χ4v) is 4.79. The van der Waals surface area contributed by atoms with E-state index < -0.39 is 9.84 Å². The van der Waals surface area contributed by atoms with Crippen molar-refractivity contribution < 1.29 is 17.9 Å². The number of aryl methyl sites for hydroxylation is 2. The molecule has 1 aromatic carbocycles. The van der Waals surface area contributed by atoms with Crippen LogP contribution in [0, 0.1) is 13.8 Å². The molecule has 1 atom stereocenters. The van der Waals surface area contributed by atoms with E-state index >= 15 is 0 Å². The molecule has 1 saturated heterocycles. The van der Waals surface area contributed by atoms with E-state index in [4.69, 9.17) is 9.72 Å². The second kappa shape index (κ2) is 10.2. The molecular weight excluding hydrogens is 482 g/mol. The number of ether oxygens (including phenoxy) is 1. The predicted molar refractivity (Wildman–Crippen MR) is 139 cm³/mol. The molecule has 0 radical (unpaired) electrons. The molecule has 1 aliphatic heterocycles. The predicted octanol–water partition coefficient (Wildman–Crippen LogP) is 2.91. The smallest absolute Gasteiger partial charge is 0.323 e. The number of morpholine rings is 1. The fourth-order valence-electron chi connectivity index (χ4n) is 4.10. The lowest BCUT2D eigenvalue weighted by Gasteiger charge is -2.34. The first kappa shape index (κ1) is 25.6. The first-order valence-corrected chi connectivity index (χ1v) is 13.6. The number of amides is 2. The molecule has 192 valence electrons. The van der Waals surface area contributed by atoms with Crippen LogP contribution in [0.4, 0.5) is 22.0 Å². The van der Waals surface area contributed by atoms with E-state index in [0.717, 1.165) is 11.4 Å². The molecule has 2 N–H and O–H groups in total. The number of anilines is 3. The van der Waals surface area contributed by atoms with E-state index in [1.54, 1.807) is 35.0 Å². The van der Waals surface area contributed by atoms with Crippen molar-refractivity contribution in [3.63, 3.8) is 0 Å². The summed E-state index contributed by atoms with van der Waals surface area (Å²) in [5.74, 6) is 0.905. The van der Waals surface area contributed by atoms with Gasteiger partial charge in [-0.05, 0) is 45.0 Å². The minimum atomic E-state index is -3.28. The maximum Gasteiger partial charge on any atom is 0.323 e. The molecule has 1 aliphatic rings. The summed E-state index contributed by atoms with van der Waals surface area (Å²) in [6.07, 6.45) is 1.19. The van der Waals surface area contributed by atoms with Crippen LogP contribution in [-0.4, -0.2) is 66.3 Å². The highest BCUT2D eigenvalue weighted by Crippen LogP contribution is 2.25. The highest BCUT2D eigenvalue weighted by Gasteiger charge is 2.22. The summed E-state index contributed by atoms with van der Waals surface area (Å²) in [7, 11) is -1.46. The lowest BCUT2D eigenvalue weighted by atomic mass is 10.2. The Kier molecular flexibility index (Phi) is 7.27. The number of hydrogen-bond acceptors (Lipinski definition) is 8. The van der Waals surface area contributed by atoms with E-state index in [1.807, 2.05) is 27.8 Å². The van der Waals surface area contributed by atoms with Gasteiger partial charge in [0.25, 0.3) is 0 Å².